The van der Waals surface area contributed by atoms with Gasteiger partial charge in [0.15, 0.2) is 0 Å². The van der Waals surface area contributed by atoms with E-state index in [1.807, 2.05) is 48.5 Å². The summed E-state index contributed by atoms with van der Waals surface area (Å²) in [5, 5.41) is 3.07. The minimum absolute atomic E-state index is 0.276. The number of aromatic nitrogens is 4. The molecular weight excluding hydrogens is 480 g/mol. The molecule has 5 rings (SSSR count). The number of H-pyrrole nitrogens is 4. The van der Waals surface area contributed by atoms with Gasteiger partial charge in [-0.25, -0.2) is 9.59 Å². The van der Waals surface area contributed by atoms with E-state index in [9.17, 15) is 9.59 Å². The lowest BCUT2D eigenvalue weighted by molar-refractivity contribution is -0.137. The van der Waals surface area contributed by atoms with Crippen LogP contribution in [0, 0.1) is 0 Å². The summed E-state index contributed by atoms with van der Waals surface area (Å²) in [7, 11) is 0. The molecule has 4 N–H and O–H groups in total. The fraction of sp³-hybridized carbons (Fsp3) is 0.267. The molecule has 0 atom stereocenters. The SMILES string of the molecule is CCOC(=O)C1=c2ccc([nH]2)=C(CC)c2ccc([nH]2)C(C(=O)OCC)=c2ccc([nH]2)=C(CC)c2ccc1[nH]2. The van der Waals surface area contributed by atoms with Crippen LogP contribution < -0.4 is 21.4 Å². The average molecular weight is 513 g/mol. The van der Waals surface area contributed by atoms with Crippen LogP contribution >= 0.6 is 0 Å². The van der Waals surface area contributed by atoms with Crippen LogP contribution in [0.15, 0.2) is 48.5 Å². The summed E-state index contributed by atoms with van der Waals surface area (Å²) in [4.78, 5) is 40.0. The summed E-state index contributed by atoms with van der Waals surface area (Å²) < 4.78 is 10.9. The Labute approximate surface area is 219 Å². The number of hydrogen-bond acceptors (Lipinski definition) is 4. The summed E-state index contributed by atoms with van der Waals surface area (Å²) in [6, 6.07) is 15.5. The Hall–Kier alpha value is -4.46. The first kappa shape index (κ1) is 25.2. The van der Waals surface area contributed by atoms with Gasteiger partial charge < -0.3 is 29.4 Å². The van der Waals surface area contributed by atoms with Crippen molar-refractivity contribution in [2.75, 3.05) is 13.2 Å². The minimum atomic E-state index is -0.399. The Kier molecular flexibility index (Phi) is 6.96. The lowest BCUT2D eigenvalue weighted by atomic mass is 10.1. The number of ether oxygens (including phenoxy) is 2. The molecule has 0 saturated carbocycles. The molecule has 5 heterocycles. The third kappa shape index (κ3) is 4.42. The molecule has 0 saturated heterocycles. The van der Waals surface area contributed by atoms with Crippen molar-refractivity contribution in [3.8, 4) is 0 Å². The summed E-state index contributed by atoms with van der Waals surface area (Å²) in [6.07, 6.45) is 1.44. The number of carbonyl (C=O) groups excluding carboxylic acids is 2. The number of fused-ring (bicyclic) bond motifs is 8. The summed E-state index contributed by atoms with van der Waals surface area (Å²) in [6.45, 7) is 8.28. The molecule has 38 heavy (non-hydrogen) atoms. The normalized spacial score (nSPS) is 13.2. The van der Waals surface area contributed by atoms with Crippen LogP contribution in [-0.4, -0.2) is 45.1 Å². The highest BCUT2D eigenvalue weighted by molar-refractivity contribution is 6.16. The number of hydrogen-bond donors (Lipinski definition) is 4. The molecule has 196 valence electrons. The monoisotopic (exact) mass is 512 g/mol. The van der Waals surface area contributed by atoms with E-state index in [-0.39, 0.29) is 13.2 Å². The zero-order valence-corrected chi connectivity index (χ0v) is 22.1. The molecule has 4 aromatic heterocycles. The lowest BCUT2D eigenvalue weighted by Crippen LogP contribution is -2.22. The molecule has 1 aliphatic heterocycles. The maximum atomic E-state index is 13.1. The molecule has 0 amide bonds. The fourth-order valence-corrected chi connectivity index (χ4v) is 5.06. The summed E-state index contributed by atoms with van der Waals surface area (Å²) in [5.41, 5.74) is 5.99. The predicted octanol–water partition coefficient (Wildman–Crippen LogP) is 2.05. The Morgan fingerprint density at radius 2 is 0.895 bits per heavy atom. The Morgan fingerprint density at radius 3 is 1.26 bits per heavy atom. The van der Waals surface area contributed by atoms with E-state index < -0.39 is 11.9 Å². The highest BCUT2D eigenvalue weighted by atomic mass is 16.5. The van der Waals surface area contributed by atoms with Gasteiger partial charge in [0.05, 0.1) is 35.3 Å². The van der Waals surface area contributed by atoms with Gasteiger partial charge in [0.2, 0.25) is 0 Å². The molecule has 0 aliphatic carbocycles. The average Bonchev–Trinajstić information content (AvgIpc) is 3.70. The summed E-state index contributed by atoms with van der Waals surface area (Å²) in [5.74, 6) is -0.797. The van der Waals surface area contributed by atoms with Crippen molar-refractivity contribution < 1.29 is 19.1 Å². The second-order valence-corrected chi connectivity index (χ2v) is 9.00. The smallest absolute Gasteiger partial charge is 0.342 e. The number of carbonyl (C=O) groups is 2. The number of rotatable bonds is 6. The first-order valence-electron chi connectivity index (χ1n) is 13.1. The van der Waals surface area contributed by atoms with Crippen LogP contribution in [-0.2, 0) is 19.1 Å². The molecule has 0 aromatic carbocycles. The van der Waals surface area contributed by atoms with E-state index >= 15 is 0 Å². The first-order valence-corrected chi connectivity index (χ1v) is 13.1. The topological polar surface area (TPSA) is 116 Å². The quantitative estimate of drug-likeness (QED) is 0.296. The van der Waals surface area contributed by atoms with Gasteiger partial charge in [-0.1, -0.05) is 13.8 Å². The third-order valence-electron chi connectivity index (χ3n) is 6.79. The molecule has 8 bridgehead atoms. The van der Waals surface area contributed by atoms with Gasteiger partial charge in [-0.3, -0.25) is 0 Å². The standard InChI is InChI=1S/C30H32N4O4/c1-5-17-19-9-13-23(31-19)27(29(35)37-7-3)25-15-11-21(33-25)18(6-2)22-12-16-26(34-22)28(30(36)38-8-4)24-14-10-20(17)32-24/h9-16,31-34H,5-8H2,1-4H3. The lowest BCUT2D eigenvalue weighted by Gasteiger charge is -2.07. The Balaban J connectivity index is 1.90. The maximum Gasteiger partial charge on any atom is 0.342 e. The van der Waals surface area contributed by atoms with Crippen LogP contribution in [0.2, 0.25) is 0 Å². The molecule has 4 aromatic rings. The molecule has 0 spiro atoms. The van der Waals surface area contributed by atoms with E-state index in [0.717, 1.165) is 46.1 Å². The van der Waals surface area contributed by atoms with E-state index in [4.69, 9.17) is 9.47 Å². The summed E-state index contributed by atoms with van der Waals surface area (Å²) >= 11 is 0. The second kappa shape index (κ2) is 10.5. The minimum Gasteiger partial charge on any atom is -0.462 e. The highest BCUT2D eigenvalue weighted by Gasteiger charge is 2.21. The first-order chi connectivity index (χ1) is 18.5. The molecular formula is C30H32N4O4. The van der Waals surface area contributed by atoms with Gasteiger partial charge in [-0.15, -0.1) is 0 Å². The third-order valence-corrected chi connectivity index (χ3v) is 6.79. The zero-order chi connectivity index (χ0) is 26.8. The zero-order valence-electron chi connectivity index (χ0n) is 22.1. The number of nitrogens with one attached hydrogen (secondary N) is 4. The molecule has 0 radical (unpaired) electrons. The molecule has 0 unspecified atom stereocenters. The molecule has 0 fully saturated rings. The highest BCUT2D eigenvalue weighted by Crippen LogP contribution is 2.21. The van der Waals surface area contributed by atoms with Gasteiger partial charge in [0.1, 0.15) is 11.1 Å². The van der Waals surface area contributed by atoms with Crippen LogP contribution in [0.4, 0.5) is 0 Å². The van der Waals surface area contributed by atoms with Crippen molar-refractivity contribution in [2.45, 2.75) is 40.5 Å². The van der Waals surface area contributed by atoms with Gasteiger partial charge in [0, 0.05) is 22.1 Å². The second-order valence-electron chi connectivity index (χ2n) is 9.00. The van der Waals surface area contributed by atoms with Crippen LogP contribution in [0.1, 0.15) is 63.3 Å². The number of esters is 2. The van der Waals surface area contributed by atoms with Gasteiger partial charge in [-0.05, 0) is 86.4 Å². The number of aromatic amines is 4. The maximum absolute atomic E-state index is 13.1. The van der Waals surface area contributed by atoms with Crippen LogP contribution in [0.3, 0.4) is 0 Å². The van der Waals surface area contributed by atoms with Crippen molar-refractivity contribution in [3.05, 3.63) is 92.7 Å². The Morgan fingerprint density at radius 1 is 0.526 bits per heavy atom. The van der Waals surface area contributed by atoms with E-state index in [1.54, 1.807) is 13.8 Å². The van der Waals surface area contributed by atoms with Crippen molar-refractivity contribution in [1.29, 1.82) is 0 Å². The molecule has 1 aliphatic rings. The van der Waals surface area contributed by atoms with Crippen molar-refractivity contribution in [2.24, 2.45) is 0 Å². The van der Waals surface area contributed by atoms with Crippen molar-refractivity contribution in [3.63, 3.8) is 0 Å². The fourth-order valence-electron chi connectivity index (χ4n) is 5.06. The van der Waals surface area contributed by atoms with Crippen LogP contribution in [0.25, 0.3) is 22.3 Å². The molecule has 8 nitrogen and oxygen atoms in total. The van der Waals surface area contributed by atoms with Crippen molar-refractivity contribution in [1.82, 2.24) is 19.9 Å². The molecule has 8 heteroatoms. The van der Waals surface area contributed by atoms with Gasteiger partial charge in [0.25, 0.3) is 0 Å². The van der Waals surface area contributed by atoms with E-state index in [0.29, 0.717) is 33.2 Å². The van der Waals surface area contributed by atoms with E-state index in [1.165, 1.54) is 0 Å². The van der Waals surface area contributed by atoms with Gasteiger partial charge in [-0.2, -0.15) is 0 Å². The van der Waals surface area contributed by atoms with Crippen molar-refractivity contribution >= 4 is 34.2 Å². The van der Waals surface area contributed by atoms with Crippen LogP contribution in [0.5, 0.6) is 0 Å². The largest absolute Gasteiger partial charge is 0.462 e. The van der Waals surface area contributed by atoms with E-state index in [2.05, 4.69) is 33.8 Å². The van der Waals surface area contributed by atoms with Gasteiger partial charge >= 0.3 is 11.9 Å². The Bertz CT molecular complexity index is 1630. The predicted molar refractivity (Wildman–Crippen MR) is 146 cm³/mol.